The first kappa shape index (κ1) is 18.0. The van der Waals surface area contributed by atoms with Gasteiger partial charge in [-0.05, 0) is 49.1 Å². The number of fused-ring (bicyclic) bond motifs is 1. The number of methoxy groups -OCH3 is 2. The zero-order chi connectivity index (χ0) is 18.5. The van der Waals surface area contributed by atoms with Crippen molar-refractivity contribution in [1.82, 2.24) is 4.90 Å². The first-order valence-electron chi connectivity index (χ1n) is 8.82. The van der Waals surface area contributed by atoms with Gasteiger partial charge in [0.2, 0.25) is 0 Å². The van der Waals surface area contributed by atoms with Crippen molar-refractivity contribution in [1.29, 1.82) is 0 Å². The second-order valence-electron chi connectivity index (χ2n) is 6.31. The Morgan fingerprint density at radius 1 is 0.808 bits per heavy atom. The predicted octanol–water partition coefficient (Wildman–Crippen LogP) is 3.71. The molecule has 1 heterocycles. The van der Waals surface area contributed by atoms with Crippen molar-refractivity contribution in [3.05, 3.63) is 59.2 Å². The summed E-state index contributed by atoms with van der Waals surface area (Å²) in [6, 6.07) is 12.9. The van der Waals surface area contributed by atoms with Crippen LogP contribution in [0.2, 0.25) is 0 Å². The monoisotopic (exact) mass is 353 g/mol. The highest BCUT2D eigenvalue weighted by atomic mass is 16.5. The molecule has 0 unspecified atom stereocenters. The maximum atomic E-state index is 12.3. The van der Waals surface area contributed by atoms with Gasteiger partial charge in [0.15, 0.2) is 11.5 Å². The molecule has 0 radical (unpaired) electrons. The van der Waals surface area contributed by atoms with Crippen molar-refractivity contribution >= 4 is 11.8 Å². The topological polar surface area (TPSA) is 55.8 Å². The van der Waals surface area contributed by atoms with Gasteiger partial charge in [0, 0.05) is 6.54 Å². The Hall–Kier alpha value is -2.82. The minimum Gasteiger partial charge on any atom is -0.493 e. The fourth-order valence-electron chi connectivity index (χ4n) is 3.25. The van der Waals surface area contributed by atoms with Gasteiger partial charge in [-0.15, -0.1) is 0 Å². The van der Waals surface area contributed by atoms with Crippen LogP contribution in [0.25, 0.3) is 0 Å². The number of carbonyl (C=O) groups is 2. The van der Waals surface area contributed by atoms with Crippen LogP contribution in [0, 0.1) is 0 Å². The molecule has 0 saturated heterocycles. The van der Waals surface area contributed by atoms with E-state index in [0.29, 0.717) is 17.7 Å². The number of unbranched alkanes of at least 4 members (excludes halogenated alkanes) is 2. The van der Waals surface area contributed by atoms with Gasteiger partial charge >= 0.3 is 0 Å². The number of amides is 2. The minimum atomic E-state index is -0.175. The molecule has 5 nitrogen and oxygen atoms in total. The summed E-state index contributed by atoms with van der Waals surface area (Å²) in [5, 5.41) is 0. The van der Waals surface area contributed by atoms with Gasteiger partial charge < -0.3 is 9.47 Å². The van der Waals surface area contributed by atoms with Gasteiger partial charge in [-0.25, -0.2) is 0 Å². The Bertz CT molecular complexity index is 780. The van der Waals surface area contributed by atoms with Crippen LogP contribution in [-0.4, -0.2) is 37.5 Å². The molecule has 0 spiro atoms. The smallest absolute Gasteiger partial charge is 0.261 e. The lowest BCUT2D eigenvalue weighted by Crippen LogP contribution is -2.30. The molecule has 0 fully saturated rings. The van der Waals surface area contributed by atoms with E-state index >= 15 is 0 Å². The first-order valence-corrected chi connectivity index (χ1v) is 8.82. The maximum Gasteiger partial charge on any atom is 0.261 e. The molecule has 2 aromatic rings. The first-order chi connectivity index (χ1) is 12.7. The highest BCUT2D eigenvalue weighted by Gasteiger charge is 2.34. The Kier molecular flexibility index (Phi) is 5.56. The molecule has 0 aromatic heterocycles. The molecule has 0 bridgehead atoms. The van der Waals surface area contributed by atoms with Crippen molar-refractivity contribution < 1.29 is 19.1 Å². The van der Waals surface area contributed by atoms with E-state index in [9.17, 15) is 9.59 Å². The van der Waals surface area contributed by atoms with Crippen molar-refractivity contribution in [3.8, 4) is 11.5 Å². The highest BCUT2D eigenvalue weighted by molar-refractivity contribution is 6.21. The van der Waals surface area contributed by atoms with E-state index in [4.69, 9.17) is 9.47 Å². The Labute approximate surface area is 153 Å². The lowest BCUT2D eigenvalue weighted by molar-refractivity contribution is 0.0651. The van der Waals surface area contributed by atoms with Crippen molar-refractivity contribution in [2.24, 2.45) is 0 Å². The van der Waals surface area contributed by atoms with Gasteiger partial charge in [-0.1, -0.05) is 24.6 Å². The van der Waals surface area contributed by atoms with Crippen LogP contribution in [0.5, 0.6) is 11.5 Å². The van der Waals surface area contributed by atoms with Crippen LogP contribution in [0.15, 0.2) is 42.5 Å². The molecule has 3 rings (SSSR count). The molecule has 5 heteroatoms. The molecule has 136 valence electrons. The maximum absolute atomic E-state index is 12.3. The quantitative estimate of drug-likeness (QED) is 0.536. The van der Waals surface area contributed by atoms with Crippen LogP contribution >= 0.6 is 0 Å². The lowest BCUT2D eigenvalue weighted by atomic mass is 10.1. The number of ether oxygens (including phenoxy) is 2. The van der Waals surface area contributed by atoms with E-state index < -0.39 is 0 Å². The van der Waals surface area contributed by atoms with Crippen LogP contribution in [0.1, 0.15) is 45.5 Å². The van der Waals surface area contributed by atoms with Crippen molar-refractivity contribution in [2.45, 2.75) is 25.7 Å². The molecule has 2 amide bonds. The zero-order valence-electron chi connectivity index (χ0n) is 15.2. The van der Waals surface area contributed by atoms with Crippen molar-refractivity contribution in [3.63, 3.8) is 0 Å². The summed E-state index contributed by atoms with van der Waals surface area (Å²) in [6.07, 6.45) is 3.65. The van der Waals surface area contributed by atoms with Crippen LogP contribution in [0.4, 0.5) is 0 Å². The Morgan fingerprint density at radius 3 is 2.08 bits per heavy atom. The number of imide groups is 1. The van der Waals surface area contributed by atoms with Gasteiger partial charge in [-0.2, -0.15) is 0 Å². The number of carbonyl (C=O) groups excluding carboxylic acids is 2. The van der Waals surface area contributed by atoms with E-state index in [-0.39, 0.29) is 11.8 Å². The van der Waals surface area contributed by atoms with Gasteiger partial charge in [0.25, 0.3) is 11.8 Å². The Balaban J connectivity index is 1.47. The van der Waals surface area contributed by atoms with Crippen molar-refractivity contribution in [2.75, 3.05) is 20.8 Å². The summed E-state index contributed by atoms with van der Waals surface area (Å²) in [6.45, 7) is 0.471. The summed E-state index contributed by atoms with van der Waals surface area (Å²) < 4.78 is 10.6. The summed E-state index contributed by atoms with van der Waals surface area (Å²) >= 11 is 0. The number of nitrogens with zero attached hydrogens (tertiary/aromatic N) is 1. The van der Waals surface area contributed by atoms with Gasteiger partial charge in [-0.3, -0.25) is 14.5 Å². The van der Waals surface area contributed by atoms with Crippen LogP contribution in [-0.2, 0) is 6.42 Å². The molecule has 0 saturated carbocycles. The largest absolute Gasteiger partial charge is 0.493 e. The summed E-state index contributed by atoms with van der Waals surface area (Å²) in [4.78, 5) is 26.0. The molecule has 2 aromatic carbocycles. The average Bonchev–Trinajstić information content (AvgIpc) is 2.92. The van der Waals surface area contributed by atoms with Crippen LogP contribution in [0.3, 0.4) is 0 Å². The molecule has 0 aliphatic carbocycles. The molecule has 26 heavy (non-hydrogen) atoms. The van der Waals surface area contributed by atoms with E-state index in [2.05, 4.69) is 0 Å². The standard InChI is InChI=1S/C21H23NO4/c1-25-18-12-11-15(14-19(18)26-2)8-4-3-7-13-22-20(23)16-9-5-6-10-17(16)21(22)24/h5-6,9-12,14H,3-4,7-8,13H2,1-2H3. The molecule has 1 aliphatic rings. The van der Waals surface area contributed by atoms with E-state index in [1.54, 1.807) is 38.5 Å². The highest BCUT2D eigenvalue weighted by Crippen LogP contribution is 2.28. The number of rotatable bonds is 8. The lowest BCUT2D eigenvalue weighted by Gasteiger charge is -2.13. The summed E-state index contributed by atoms with van der Waals surface area (Å²) in [7, 11) is 3.25. The summed E-state index contributed by atoms with van der Waals surface area (Å²) in [5.41, 5.74) is 2.22. The molecular formula is C21H23NO4. The SMILES string of the molecule is COc1ccc(CCCCCN2C(=O)c3ccccc3C2=O)cc1OC. The third kappa shape index (κ3) is 3.57. The third-order valence-corrected chi connectivity index (χ3v) is 4.67. The average molecular weight is 353 g/mol. The van der Waals surface area contributed by atoms with Gasteiger partial charge in [0.05, 0.1) is 25.3 Å². The fourth-order valence-corrected chi connectivity index (χ4v) is 3.25. The minimum absolute atomic E-state index is 0.175. The van der Waals surface area contributed by atoms with E-state index in [1.165, 1.54) is 10.5 Å². The molecule has 0 atom stereocenters. The fraction of sp³-hybridized carbons (Fsp3) is 0.333. The Morgan fingerprint density at radius 2 is 1.46 bits per heavy atom. The van der Waals surface area contributed by atoms with Crippen LogP contribution < -0.4 is 9.47 Å². The van der Waals surface area contributed by atoms with Gasteiger partial charge in [0.1, 0.15) is 0 Å². The number of hydrogen-bond donors (Lipinski definition) is 0. The third-order valence-electron chi connectivity index (χ3n) is 4.67. The van der Waals surface area contributed by atoms with E-state index in [1.807, 2.05) is 18.2 Å². The summed E-state index contributed by atoms with van der Waals surface area (Å²) in [5.74, 6) is 1.11. The molecule has 0 N–H and O–H groups in total. The normalized spacial score (nSPS) is 13.1. The molecular weight excluding hydrogens is 330 g/mol. The number of hydrogen-bond acceptors (Lipinski definition) is 4. The zero-order valence-corrected chi connectivity index (χ0v) is 15.2. The van der Waals surface area contributed by atoms with E-state index in [0.717, 1.165) is 37.2 Å². The number of aryl methyl sites for hydroxylation is 1. The second-order valence-corrected chi connectivity index (χ2v) is 6.31. The second kappa shape index (κ2) is 8.04. The predicted molar refractivity (Wildman–Crippen MR) is 98.9 cm³/mol. The number of benzene rings is 2. The molecule has 1 aliphatic heterocycles.